The van der Waals surface area contributed by atoms with Crippen LogP contribution >= 0.6 is 11.6 Å². The van der Waals surface area contributed by atoms with Gasteiger partial charge in [-0.15, -0.1) is 11.6 Å². The van der Waals surface area contributed by atoms with Gasteiger partial charge in [0.25, 0.3) is 0 Å². The minimum atomic E-state index is -0.666. The van der Waals surface area contributed by atoms with Crippen LogP contribution in [-0.4, -0.2) is 22.4 Å². The number of benzene rings is 1. The Labute approximate surface area is 100.0 Å². The molecule has 0 radical (unpaired) electrons. The fourth-order valence-electron chi connectivity index (χ4n) is 1.27. The van der Waals surface area contributed by atoms with E-state index in [1.54, 1.807) is 13.0 Å². The van der Waals surface area contributed by atoms with Crippen molar-refractivity contribution in [2.45, 2.75) is 32.3 Å². The Morgan fingerprint density at radius 3 is 2.50 bits per heavy atom. The van der Waals surface area contributed by atoms with Crippen LogP contribution in [0.5, 0.6) is 11.5 Å². The van der Waals surface area contributed by atoms with Gasteiger partial charge in [0.05, 0.1) is 17.0 Å². The van der Waals surface area contributed by atoms with E-state index in [9.17, 15) is 9.90 Å². The van der Waals surface area contributed by atoms with Crippen LogP contribution in [0.25, 0.3) is 0 Å². The Hall–Kier alpha value is -1.22. The second-order valence-corrected chi connectivity index (χ2v) is 4.48. The number of hydrogen-bond acceptors (Lipinski definition) is 3. The van der Waals surface area contributed by atoms with Crippen molar-refractivity contribution in [3.05, 3.63) is 23.8 Å². The lowest BCUT2D eigenvalue weighted by Gasteiger charge is -2.12. The molecule has 0 heterocycles. The van der Waals surface area contributed by atoms with Crippen molar-refractivity contribution in [2.75, 3.05) is 0 Å². The van der Waals surface area contributed by atoms with Gasteiger partial charge in [-0.25, -0.2) is 0 Å². The van der Waals surface area contributed by atoms with E-state index in [0.717, 1.165) is 0 Å². The molecular formula is C12H15ClO3. The molecule has 0 amide bonds. The highest BCUT2D eigenvalue weighted by Gasteiger charge is 2.17. The van der Waals surface area contributed by atoms with Crippen molar-refractivity contribution >= 4 is 17.4 Å². The highest BCUT2D eigenvalue weighted by Crippen LogP contribution is 2.25. The van der Waals surface area contributed by atoms with Gasteiger partial charge in [-0.3, -0.25) is 4.79 Å². The van der Waals surface area contributed by atoms with Crippen molar-refractivity contribution in [3.8, 4) is 11.5 Å². The van der Waals surface area contributed by atoms with E-state index in [-0.39, 0.29) is 23.2 Å². The number of hydrogen-bond donors (Lipinski definition) is 1. The number of carbonyl (C=O) groups excluding carboxylic acids is 1. The van der Waals surface area contributed by atoms with Gasteiger partial charge in [0.1, 0.15) is 11.5 Å². The monoisotopic (exact) mass is 242 g/mol. The Kier molecular flexibility index (Phi) is 4.19. The third-order valence-electron chi connectivity index (χ3n) is 1.97. The third-order valence-corrected chi connectivity index (χ3v) is 2.16. The minimum absolute atomic E-state index is 0.0147. The van der Waals surface area contributed by atoms with Crippen LogP contribution in [0.15, 0.2) is 18.2 Å². The van der Waals surface area contributed by atoms with Crippen molar-refractivity contribution < 1.29 is 14.6 Å². The fraction of sp³-hybridized carbons (Fsp3) is 0.417. The fourth-order valence-corrected chi connectivity index (χ4v) is 1.39. The number of phenols is 1. The zero-order valence-corrected chi connectivity index (χ0v) is 10.3. The first-order valence-electron chi connectivity index (χ1n) is 5.09. The van der Waals surface area contributed by atoms with Crippen molar-refractivity contribution in [2.24, 2.45) is 0 Å². The smallest absolute Gasteiger partial charge is 0.184 e. The van der Waals surface area contributed by atoms with Crippen molar-refractivity contribution in [1.29, 1.82) is 0 Å². The summed E-state index contributed by atoms with van der Waals surface area (Å²) < 4.78 is 5.43. The summed E-state index contributed by atoms with van der Waals surface area (Å²) in [6.45, 7) is 5.34. The van der Waals surface area contributed by atoms with Crippen LogP contribution in [0.2, 0.25) is 0 Å². The van der Waals surface area contributed by atoms with Gasteiger partial charge < -0.3 is 9.84 Å². The molecular weight excluding hydrogens is 228 g/mol. The van der Waals surface area contributed by atoms with E-state index < -0.39 is 5.38 Å². The molecule has 0 bridgehead atoms. The van der Waals surface area contributed by atoms with Gasteiger partial charge >= 0.3 is 0 Å². The predicted octanol–water partition coefficient (Wildman–Crippen LogP) is 2.99. The summed E-state index contributed by atoms with van der Waals surface area (Å²) in [5, 5.41) is 8.89. The summed E-state index contributed by atoms with van der Waals surface area (Å²) >= 11 is 5.69. The van der Waals surface area contributed by atoms with Crippen LogP contribution in [-0.2, 0) is 0 Å². The van der Waals surface area contributed by atoms with E-state index >= 15 is 0 Å². The first kappa shape index (κ1) is 12.8. The standard InChI is InChI=1S/C12H15ClO3/c1-7(2)16-9-4-5-11(14)10(6-9)12(15)8(3)13/h4-8,14H,1-3H3. The number of ketones is 1. The zero-order chi connectivity index (χ0) is 12.3. The van der Waals surface area contributed by atoms with Crippen LogP contribution in [0.4, 0.5) is 0 Å². The first-order chi connectivity index (χ1) is 7.41. The van der Waals surface area contributed by atoms with E-state index in [4.69, 9.17) is 16.3 Å². The molecule has 0 saturated heterocycles. The minimum Gasteiger partial charge on any atom is -0.507 e. The lowest BCUT2D eigenvalue weighted by molar-refractivity contribution is 0.0988. The van der Waals surface area contributed by atoms with Crippen LogP contribution < -0.4 is 4.74 Å². The summed E-state index contributed by atoms with van der Waals surface area (Å²) in [6.07, 6.45) is 0.0147. The Morgan fingerprint density at radius 1 is 1.38 bits per heavy atom. The Bertz CT molecular complexity index is 386. The number of phenolic OH excluding ortho intramolecular Hbond substituents is 1. The number of rotatable bonds is 4. The molecule has 1 atom stereocenters. The summed E-state index contributed by atoms with van der Waals surface area (Å²) in [5.41, 5.74) is 0.195. The number of Topliss-reactive ketones (excluding diaryl/α,β-unsaturated/α-hetero) is 1. The number of ether oxygens (including phenoxy) is 1. The Balaban J connectivity index is 3.04. The van der Waals surface area contributed by atoms with E-state index in [0.29, 0.717) is 5.75 Å². The maximum Gasteiger partial charge on any atom is 0.184 e. The van der Waals surface area contributed by atoms with Gasteiger partial charge in [0.2, 0.25) is 0 Å². The van der Waals surface area contributed by atoms with Crippen molar-refractivity contribution in [1.82, 2.24) is 0 Å². The molecule has 0 aliphatic rings. The van der Waals surface area contributed by atoms with E-state index in [1.165, 1.54) is 12.1 Å². The molecule has 1 unspecified atom stereocenters. The molecule has 4 heteroatoms. The van der Waals surface area contributed by atoms with Gasteiger partial charge in [-0.05, 0) is 39.0 Å². The van der Waals surface area contributed by atoms with E-state index in [1.807, 2.05) is 13.8 Å². The molecule has 3 nitrogen and oxygen atoms in total. The number of alkyl halides is 1. The van der Waals surface area contributed by atoms with Crippen molar-refractivity contribution in [3.63, 3.8) is 0 Å². The lowest BCUT2D eigenvalue weighted by atomic mass is 10.1. The molecule has 0 aromatic heterocycles. The summed E-state index contributed by atoms with van der Waals surface area (Å²) in [6, 6.07) is 4.56. The molecule has 88 valence electrons. The quantitative estimate of drug-likeness (QED) is 0.652. The molecule has 1 N–H and O–H groups in total. The zero-order valence-electron chi connectivity index (χ0n) is 9.53. The topological polar surface area (TPSA) is 46.5 Å². The molecule has 0 fully saturated rings. The van der Waals surface area contributed by atoms with Gasteiger partial charge in [0.15, 0.2) is 5.78 Å². The van der Waals surface area contributed by atoms with E-state index in [2.05, 4.69) is 0 Å². The normalized spacial score (nSPS) is 12.6. The maximum absolute atomic E-state index is 11.7. The summed E-state index contributed by atoms with van der Waals surface area (Å²) in [4.78, 5) is 11.7. The third kappa shape index (κ3) is 3.14. The second kappa shape index (κ2) is 5.21. The average molecular weight is 243 g/mol. The maximum atomic E-state index is 11.7. The van der Waals surface area contributed by atoms with Gasteiger partial charge in [-0.2, -0.15) is 0 Å². The van der Waals surface area contributed by atoms with Crippen LogP contribution in [0.1, 0.15) is 31.1 Å². The van der Waals surface area contributed by atoms with Gasteiger partial charge in [-0.1, -0.05) is 0 Å². The molecule has 0 saturated carbocycles. The molecule has 0 aliphatic carbocycles. The molecule has 1 aromatic rings. The Morgan fingerprint density at radius 2 is 2.00 bits per heavy atom. The second-order valence-electron chi connectivity index (χ2n) is 3.83. The SMILES string of the molecule is CC(C)Oc1ccc(O)c(C(=O)C(C)Cl)c1. The van der Waals surface area contributed by atoms with Gasteiger partial charge in [0, 0.05) is 0 Å². The summed E-state index contributed by atoms with van der Waals surface area (Å²) in [7, 11) is 0. The van der Waals surface area contributed by atoms with Crippen LogP contribution in [0.3, 0.4) is 0 Å². The molecule has 1 rings (SSSR count). The average Bonchev–Trinajstić information content (AvgIpc) is 2.19. The number of halogens is 1. The first-order valence-corrected chi connectivity index (χ1v) is 5.53. The lowest BCUT2D eigenvalue weighted by Crippen LogP contribution is -2.12. The number of carbonyl (C=O) groups is 1. The highest BCUT2D eigenvalue weighted by atomic mass is 35.5. The predicted molar refractivity (Wildman–Crippen MR) is 63.5 cm³/mol. The highest BCUT2D eigenvalue weighted by molar-refractivity contribution is 6.33. The molecule has 0 aliphatic heterocycles. The molecule has 16 heavy (non-hydrogen) atoms. The largest absolute Gasteiger partial charge is 0.507 e. The summed E-state index contributed by atoms with van der Waals surface area (Å²) in [5.74, 6) is 0.162. The number of aromatic hydroxyl groups is 1. The molecule has 0 spiro atoms. The van der Waals surface area contributed by atoms with Crippen LogP contribution in [0, 0.1) is 0 Å². The molecule has 1 aromatic carbocycles.